The summed E-state index contributed by atoms with van der Waals surface area (Å²) >= 11 is 0. The van der Waals surface area contributed by atoms with Crippen LogP contribution in [0.3, 0.4) is 0 Å². The largest absolute Gasteiger partial charge is 0.507 e. The van der Waals surface area contributed by atoms with Crippen LogP contribution in [0.4, 0.5) is 5.69 Å². The van der Waals surface area contributed by atoms with Gasteiger partial charge in [-0.2, -0.15) is 0 Å². The number of ether oxygens (including phenoxy) is 1. The van der Waals surface area contributed by atoms with E-state index >= 15 is 0 Å². The summed E-state index contributed by atoms with van der Waals surface area (Å²) in [6, 6.07) is 13.2. The number of ketones is 1. The van der Waals surface area contributed by atoms with E-state index in [1.807, 2.05) is 6.92 Å². The monoisotopic (exact) mass is 487 g/mol. The van der Waals surface area contributed by atoms with Crippen LogP contribution in [0.15, 0.2) is 72.6 Å². The number of benzene rings is 2. The summed E-state index contributed by atoms with van der Waals surface area (Å²) in [5.41, 5.74) is 1.71. The Morgan fingerprint density at radius 2 is 1.97 bits per heavy atom. The first kappa shape index (κ1) is 24.6. The van der Waals surface area contributed by atoms with Gasteiger partial charge in [0.05, 0.1) is 23.1 Å². The average Bonchev–Trinajstić information content (AvgIpc) is 3.12. The van der Waals surface area contributed by atoms with Crippen LogP contribution in [0.1, 0.15) is 41.6 Å². The van der Waals surface area contributed by atoms with Crippen molar-refractivity contribution in [1.29, 1.82) is 0 Å². The highest BCUT2D eigenvalue weighted by atomic mass is 16.6. The van der Waals surface area contributed by atoms with Gasteiger partial charge in [0.15, 0.2) is 0 Å². The zero-order valence-corrected chi connectivity index (χ0v) is 19.9. The van der Waals surface area contributed by atoms with Gasteiger partial charge in [-0.25, -0.2) is 0 Å². The van der Waals surface area contributed by atoms with E-state index < -0.39 is 22.7 Å². The maximum atomic E-state index is 13.3. The maximum absolute atomic E-state index is 13.3. The summed E-state index contributed by atoms with van der Waals surface area (Å²) in [7, 11) is 0. The molecular weight excluding hydrogens is 462 g/mol. The molecule has 1 atom stereocenters. The number of aromatic nitrogens is 1. The van der Waals surface area contributed by atoms with E-state index in [0.29, 0.717) is 34.6 Å². The molecule has 4 rings (SSSR count). The van der Waals surface area contributed by atoms with Crippen LogP contribution in [0.5, 0.6) is 5.75 Å². The third kappa shape index (κ3) is 4.81. The van der Waals surface area contributed by atoms with E-state index in [1.165, 1.54) is 23.1 Å². The van der Waals surface area contributed by atoms with Crippen molar-refractivity contribution in [2.24, 2.45) is 0 Å². The third-order valence-corrected chi connectivity index (χ3v) is 5.94. The van der Waals surface area contributed by atoms with Crippen LogP contribution >= 0.6 is 0 Å². The molecular formula is C27H25N3O6. The van der Waals surface area contributed by atoms with Gasteiger partial charge in [0.2, 0.25) is 0 Å². The van der Waals surface area contributed by atoms with Crippen molar-refractivity contribution >= 4 is 23.1 Å². The number of amides is 1. The molecule has 1 aromatic heterocycles. The lowest BCUT2D eigenvalue weighted by Gasteiger charge is -2.25. The van der Waals surface area contributed by atoms with Crippen LogP contribution in [0.25, 0.3) is 5.76 Å². The lowest BCUT2D eigenvalue weighted by Crippen LogP contribution is -2.29. The fraction of sp³-hybridized carbons (Fsp3) is 0.222. The number of Topliss-reactive ketones (excluding diaryl/α,β-unsaturated/α-hetero) is 1. The number of pyridine rings is 1. The molecule has 1 aliphatic rings. The van der Waals surface area contributed by atoms with Gasteiger partial charge in [0, 0.05) is 36.6 Å². The third-order valence-electron chi connectivity index (χ3n) is 5.94. The van der Waals surface area contributed by atoms with E-state index in [4.69, 9.17) is 4.74 Å². The number of nitrogens with zero attached hydrogens (tertiary/aromatic N) is 3. The predicted molar refractivity (Wildman–Crippen MR) is 132 cm³/mol. The van der Waals surface area contributed by atoms with Crippen LogP contribution in [-0.2, 0) is 16.1 Å². The Morgan fingerprint density at radius 1 is 1.17 bits per heavy atom. The topological polar surface area (TPSA) is 123 Å². The number of non-ortho nitro benzene ring substituents is 1. The number of aliphatic hydroxyl groups excluding tert-OH is 1. The van der Waals surface area contributed by atoms with Crippen LogP contribution in [0, 0.1) is 17.0 Å². The fourth-order valence-corrected chi connectivity index (χ4v) is 4.24. The minimum absolute atomic E-state index is 0.0331. The SMILES string of the molecule is CCCOc1ccc(C(O)=C2C(=O)C(=O)N(Cc3cccnc3)[C@H]2c2cccc([N+](=O)[O-])c2)c(C)c1. The van der Waals surface area contributed by atoms with Gasteiger partial charge in [0.25, 0.3) is 17.4 Å². The van der Waals surface area contributed by atoms with E-state index in [-0.39, 0.29) is 23.6 Å². The molecule has 0 unspecified atom stereocenters. The molecule has 9 heteroatoms. The van der Waals surface area contributed by atoms with Crippen LogP contribution in [0.2, 0.25) is 0 Å². The number of nitro benzene ring substituents is 1. The van der Waals surface area contributed by atoms with E-state index in [9.17, 15) is 24.8 Å². The number of carbonyl (C=O) groups is 2. The summed E-state index contributed by atoms with van der Waals surface area (Å²) in [6.07, 6.45) is 4.00. The number of aryl methyl sites for hydroxylation is 1. The van der Waals surface area contributed by atoms with Gasteiger partial charge >= 0.3 is 0 Å². The van der Waals surface area contributed by atoms with Crippen LogP contribution in [-0.4, -0.2) is 38.2 Å². The number of carbonyl (C=O) groups excluding carboxylic acids is 2. The molecule has 0 radical (unpaired) electrons. The van der Waals surface area contributed by atoms with Gasteiger partial charge in [0.1, 0.15) is 11.5 Å². The number of rotatable bonds is 8. The predicted octanol–water partition coefficient (Wildman–Crippen LogP) is 4.71. The highest BCUT2D eigenvalue weighted by Crippen LogP contribution is 2.41. The number of hydrogen-bond donors (Lipinski definition) is 1. The second-order valence-corrected chi connectivity index (χ2v) is 8.47. The zero-order valence-electron chi connectivity index (χ0n) is 19.9. The molecule has 0 spiro atoms. The Balaban J connectivity index is 1.86. The summed E-state index contributed by atoms with van der Waals surface area (Å²) in [5, 5.41) is 22.8. The highest BCUT2D eigenvalue weighted by molar-refractivity contribution is 6.46. The molecule has 184 valence electrons. The molecule has 1 saturated heterocycles. The van der Waals surface area contributed by atoms with Crippen molar-refractivity contribution in [1.82, 2.24) is 9.88 Å². The van der Waals surface area contributed by atoms with E-state index in [1.54, 1.807) is 55.7 Å². The summed E-state index contributed by atoms with van der Waals surface area (Å²) in [5.74, 6) is -1.40. The van der Waals surface area contributed by atoms with E-state index in [2.05, 4.69) is 4.98 Å². The Hall–Kier alpha value is -4.53. The Kier molecular flexibility index (Phi) is 7.10. The first-order valence-electron chi connectivity index (χ1n) is 11.5. The average molecular weight is 488 g/mol. The first-order chi connectivity index (χ1) is 17.3. The number of aliphatic hydroxyl groups is 1. The molecule has 9 nitrogen and oxygen atoms in total. The molecule has 2 aromatic carbocycles. The molecule has 1 N–H and O–H groups in total. The number of nitro groups is 1. The zero-order chi connectivity index (χ0) is 25.8. The van der Waals surface area contributed by atoms with Gasteiger partial charge < -0.3 is 14.7 Å². The normalized spacial score (nSPS) is 16.8. The van der Waals surface area contributed by atoms with Crippen molar-refractivity contribution in [3.63, 3.8) is 0 Å². The lowest BCUT2D eigenvalue weighted by atomic mass is 9.93. The quantitative estimate of drug-likeness (QED) is 0.160. The van der Waals surface area contributed by atoms with Crippen molar-refractivity contribution in [3.8, 4) is 5.75 Å². The Morgan fingerprint density at radius 3 is 2.64 bits per heavy atom. The molecule has 1 fully saturated rings. The molecule has 2 heterocycles. The molecule has 0 saturated carbocycles. The minimum Gasteiger partial charge on any atom is -0.507 e. The summed E-state index contributed by atoms with van der Waals surface area (Å²) < 4.78 is 5.65. The molecule has 0 bridgehead atoms. The molecule has 3 aromatic rings. The Labute approximate surface area is 207 Å². The standard InChI is InChI=1S/C27H25N3O6/c1-3-12-36-21-9-10-22(17(2)13-21)25(31)23-24(19-7-4-8-20(14-19)30(34)35)29(27(33)26(23)32)16-18-6-5-11-28-15-18/h4-11,13-15,24,31H,3,12,16H2,1-2H3/t24-/m0/s1. The second-order valence-electron chi connectivity index (χ2n) is 8.47. The van der Waals surface area contributed by atoms with Gasteiger partial charge in [-0.1, -0.05) is 25.1 Å². The van der Waals surface area contributed by atoms with Crippen molar-refractivity contribution in [2.75, 3.05) is 6.61 Å². The van der Waals surface area contributed by atoms with Gasteiger partial charge in [-0.15, -0.1) is 0 Å². The maximum Gasteiger partial charge on any atom is 0.295 e. The van der Waals surface area contributed by atoms with Crippen LogP contribution < -0.4 is 4.74 Å². The molecule has 0 aliphatic carbocycles. The van der Waals surface area contributed by atoms with Gasteiger partial charge in [-0.05, 0) is 54.3 Å². The molecule has 1 amide bonds. The smallest absolute Gasteiger partial charge is 0.295 e. The van der Waals surface area contributed by atoms with Crippen molar-refractivity contribution in [3.05, 3.63) is 105 Å². The highest BCUT2D eigenvalue weighted by Gasteiger charge is 2.46. The fourth-order valence-electron chi connectivity index (χ4n) is 4.24. The minimum atomic E-state index is -1.03. The number of hydrogen-bond acceptors (Lipinski definition) is 7. The molecule has 1 aliphatic heterocycles. The van der Waals surface area contributed by atoms with Crippen molar-refractivity contribution < 1.29 is 24.4 Å². The molecule has 36 heavy (non-hydrogen) atoms. The summed E-state index contributed by atoms with van der Waals surface area (Å²) in [6.45, 7) is 4.33. The lowest BCUT2D eigenvalue weighted by molar-refractivity contribution is -0.384. The summed E-state index contributed by atoms with van der Waals surface area (Å²) in [4.78, 5) is 42.7. The Bertz CT molecular complexity index is 1350. The second kappa shape index (κ2) is 10.4. The number of likely N-dealkylation sites (tertiary alicyclic amines) is 1. The van der Waals surface area contributed by atoms with Crippen molar-refractivity contribution in [2.45, 2.75) is 32.9 Å². The first-order valence-corrected chi connectivity index (χ1v) is 11.5. The van der Waals surface area contributed by atoms with Gasteiger partial charge in [-0.3, -0.25) is 24.7 Å². The van der Waals surface area contributed by atoms with E-state index in [0.717, 1.165) is 6.42 Å².